The van der Waals surface area contributed by atoms with Crippen LogP contribution in [0.5, 0.6) is 0 Å². The van der Waals surface area contributed by atoms with Gasteiger partial charge in [0.2, 0.25) is 0 Å². The molecule has 0 radical (unpaired) electrons. The summed E-state index contributed by atoms with van der Waals surface area (Å²) in [5.41, 5.74) is 0. The molecular weight excluding hydrogens is 608 g/mol. The lowest BCUT2D eigenvalue weighted by Crippen LogP contribution is -2.05. The molecule has 0 heterocycles. The van der Waals surface area contributed by atoms with Gasteiger partial charge in [-0.3, -0.25) is 9.59 Å². The number of rotatable bonds is 35. The molecule has 2 N–H and O–H groups in total. The fourth-order valence-corrected chi connectivity index (χ4v) is 6.05. The van der Waals surface area contributed by atoms with Gasteiger partial charge in [-0.15, -0.1) is 0 Å². The van der Waals surface area contributed by atoms with Crippen LogP contribution in [-0.2, 0) is 14.3 Å². The summed E-state index contributed by atoms with van der Waals surface area (Å²) in [5, 5.41) is 16.8. The highest BCUT2D eigenvalue weighted by molar-refractivity contribution is 5.69. The molecule has 0 bridgehead atoms. The van der Waals surface area contributed by atoms with Crippen LogP contribution >= 0.6 is 0 Å². The molecule has 0 saturated carbocycles. The molecule has 2 atom stereocenters. The van der Waals surface area contributed by atoms with E-state index in [4.69, 9.17) is 14.9 Å². The fourth-order valence-electron chi connectivity index (χ4n) is 6.05. The lowest BCUT2D eigenvalue weighted by Gasteiger charge is -2.11. The van der Waals surface area contributed by atoms with Gasteiger partial charge in [0, 0.05) is 19.4 Å². The van der Waals surface area contributed by atoms with Gasteiger partial charge in [-0.2, -0.15) is 0 Å². The van der Waals surface area contributed by atoms with Crippen molar-refractivity contribution in [2.24, 2.45) is 11.8 Å². The Labute approximate surface area is 307 Å². The van der Waals surface area contributed by atoms with Gasteiger partial charge < -0.3 is 14.9 Å². The first-order chi connectivity index (χ1) is 23.8. The van der Waals surface area contributed by atoms with E-state index < -0.39 is 5.97 Å². The Hall–Kier alpha value is -1.10. The maximum absolute atomic E-state index is 11.5. The van der Waals surface area contributed by atoms with Gasteiger partial charge in [-0.1, -0.05) is 208 Å². The van der Waals surface area contributed by atoms with Crippen LogP contribution in [0.3, 0.4) is 0 Å². The van der Waals surface area contributed by atoms with Crippen molar-refractivity contribution in [2.75, 3.05) is 13.2 Å². The van der Waals surface area contributed by atoms with Crippen LogP contribution in [0.2, 0.25) is 0 Å². The van der Waals surface area contributed by atoms with E-state index in [-0.39, 0.29) is 5.97 Å². The number of carboxylic acids is 1. The van der Waals surface area contributed by atoms with Gasteiger partial charge in [-0.25, -0.2) is 0 Å². The van der Waals surface area contributed by atoms with E-state index >= 15 is 0 Å². The van der Waals surface area contributed by atoms with Crippen LogP contribution in [0.15, 0.2) is 0 Å². The first-order valence-corrected chi connectivity index (χ1v) is 21.8. The monoisotopic (exact) mass is 699 g/mol. The molecule has 0 aliphatic carbocycles. The Morgan fingerprint density at radius 2 is 0.776 bits per heavy atom. The Morgan fingerprint density at radius 3 is 1.16 bits per heavy atom. The smallest absolute Gasteiger partial charge is 0.305 e. The van der Waals surface area contributed by atoms with E-state index in [1.54, 1.807) is 0 Å². The molecule has 296 valence electrons. The molecule has 0 aliphatic heterocycles. The molecule has 49 heavy (non-hydrogen) atoms. The van der Waals surface area contributed by atoms with Gasteiger partial charge in [0.15, 0.2) is 0 Å². The second kappa shape index (κ2) is 46.9. The van der Waals surface area contributed by atoms with Crippen molar-refractivity contribution in [3.8, 4) is 0 Å². The summed E-state index contributed by atoms with van der Waals surface area (Å²) in [6.45, 7) is 14.6. The highest BCUT2D eigenvalue weighted by Crippen LogP contribution is 2.19. The van der Waals surface area contributed by atoms with Gasteiger partial charge in [0.05, 0.1) is 6.61 Å². The first-order valence-electron chi connectivity index (χ1n) is 21.8. The summed E-state index contributed by atoms with van der Waals surface area (Å²) in [7, 11) is 0. The zero-order chi connectivity index (χ0) is 37.1. The molecule has 0 aliphatic rings. The van der Waals surface area contributed by atoms with Crippen molar-refractivity contribution in [1.29, 1.82) is 0 Å². The standard InChI is InChI=1S/C22H44O2.C16H34O.C6H12O2/c1-4-6-8-10-14-17-21(3)18-15-11-9-12-16-20-24-22(23)19-13-7-5-2;1-3-4-5-7-10-13-16(2)14-11-8-6-9-12-15-17;1-2-3-4-5-6(7)8/h21H,4-20H2,1-3H3;16-17H,3-15H2,1-2H3;2-5H2,1H3,(H,7,8). The Morgan fingerprint density at radius 1 is 0.449 bits per heavy atom. The number of aliphatic carboxylic acids is 1. The normalized spacial score (nSPS) is 12.0. The predicted octanol–water partition coefficient (Wildman–Crippen LogP) is 14.4. The molecule has 0 aromatic carbocycles. The number of ether oxygens (including phenoxy) is 1. The summed E-state index contributed by atoms with van der Waals surface area (Å²) in [6, 6.07) is 0. The number of aliphatic hydroxyl groups excluding tert-OH is 1. The quantitative estimate of drug-likeness (QED) is 0.0508. The number of esters is 1. The van der Waals surface area contributed by atoms with Crippen molar-refractivity contribution < 1.29 is 24.5 Å². The number of aliphatic hydroxyl groups is 1. The Kier molecular flexibility index (Phi) is 50.0. The molecular formula is C44H90O5. The number of hydrogen-bond donors (Lipinski definition) is 2. The third-order valence-electron chi connectivity index (χ3n) is 9.54. The van der Waals surface area contributed by atoms with Crippen LogP contribution in [0.4, 0.5) is 0 Å². The number of unbranched alkanes of at least 4 members (excludes halogenated alkanes) is 20. The highest BCUT2D eigenvalue weighted by Gasteiger charge is 2.04. The van der Waals surface area contributed by atoms with Crippen LogP contribution in [0.1, 0.15) is 247 Å². The van der Waals surface area contributed by atoms with E-state index in [9.17, 15) is 9.59 Å². The number of hydrogen-bond acceptors (Lipinski definition) is 4. The molecule has 0 aromatic rings. The van der Waals surface area contributed by atoms with Crippen LogP contribution in [0.25, 0.3) is 0 Å². The molecule has 0 fully saturated rings. The zero-order valence-corrected chi connectivity index (χ0v) is 34.3. The van der Waals surface area contributed by atoms with Crippen molar-refractivity contribution in [3.05, 3.63) is 0 Å². The molecule has 0 spiro atoms. The summed E-state index contributed by atoms with van der Waals surface area (Å²) >= 11 is 0. The second-order valence-electron chi connectivity index (χ2n) is 15.0. The predicted molar refractivity (Wildman–Crippen MR) is 214 cm³/mol. The maximum atomic E-state index is 11.5. The second-order valence-corrected chi connectivity index (χ2v) is 15.0. The highest BCUT2D eigenvalue weighted by atomic mass is 16.5. The Bertz CT molecular complexity index is 622. The lowest BCUT2D eigenvalue weighted by molar-refractivity contribution is -0.144. The summed E-state index contributed by atoms with van der Waals surface area (Å²) in [4.78, 5) is 21.3. The maximum Gasteiger partial charge on any atom is 0.305 e. The van der Waals surface area contributed by atoms with Crippen molar-refractivity contribution in [1.82, 2.24) is 0 Å². The molecule has 0 amide bonds. The van der Waals surface area contributed by atoms with Gasteiger partial charge in [0.1, 0.15) is 0 Å². The van der Waals surface area contributed by atoms with Crippen LogP contribution < -0.4 is 0 Å². The molecule has 0 saturated heterocycles. The SMILES string of the molecule is CCCCCC(=O)O.CCCCCCCC(C)CCCCCCCO.CCCCCCCC(C)CCCCCCCOC(=O)CCCCC. The molecule has 0 aromatic heterocycles. The third-order valence-corrected chi connectivity index (χ3v) is 9.54. The largest absolute Gasteiger partial charge is 0.481 e. The summed E-state index contributed by atoms with van der Waals surface area (Å²) in [5.74, 6) is 1.14. The van der Waals surface area contributed by atoms with Gasteiger partial charge >= 0.3 is 11.9 Å². The van der Waals surface area contributed by atoms with E-state index in [1.165, 1.54) is 141 Å². The topological polar surface area (TPSA) is 83.8 Å². The minimum Gasteiger partial charge on any atom is -0.481 e. The van der Waals surface area contributed by atoms with Gasteiger partial charge in [0.25, 0.3) is 0 Å². The average Bonchev–Trinajstić information content (AvgIpc) is 3.08. The number of carboxylic acid groups (broad SMARTS) is 1. The van der Waals surface area contributed by atoms with Crippen LogP contribution in [-0.4, -0.2) is 35.4 Å². The molecule has 5 heteroatoms. The van der Waals surface area contributed by atoms with E-state index in [0.29, 0.717) is 26.1 Å². The minimum atomic E-state index is -0.682. The van der Waals surface area contributed by atoms with E-state index in [2.05, 4.69) is 41.5 Å². The summed E-state index contributed by atoms with van der Waals surface area (Å²) < 4.78 is 5.27. The number of carbonyl (C=O) groups is 2. The van der Waals surface area contributed by atoms with E-state index in [1.807, 2.05) is 0 Å². The summed E-state index contributed by atoms with van der Waals surface area (Å²) in [6.07, 6.45) is 39.4. The first kappa shape index (κ1) is 52.3. The molecule has 0 rings (SSSR count). The average molecular weight is 699 g/mol. The van der Waals surface area contributed by atoms with Crippen molar-refractivity contribution in [2.45, 2.75) is 247 Å². The minimum absolute atomic E-state index is 0.00351. The zero-order valence-electron chi connectivity index (χ0n) is 34.3. The van der Waals surface area contributed by atoms with Gasteiger partial charge in [-0.05, 0) is 37.5 Å². The molecule has 2 unspecified atom stereocenters. The third kappa shape index (κ3) is 53.9. The van der Waals surface area contributed by atoms with Crippen molar-refractivity contribution >= 4 is 11.9 Å². The molecule has 5 nitrogen and oxygen atoms in total. The Balaban J connectivity index is -0.000000732. The van der Waals surface area contributed by atoms with Crippen molar-refractivity contribution in [3.63, 3.8) is 0 Å². The number of carbonyl (C=O) groups excluding carboxylic acids is 1. The fraction of sp³-hybridized carbons (Fsp3) is 0.955. The van der Waals surface area contributed by atoms with E-state index in [0.717, 1.165) is 63.2 Å². The van der Waals surface area contributed by atoms with Crippen LogP contribution in [0, 0.1) is 11.8 Å². The lowest BCUT2D eigenvalue weighted by atomic mass is 9.96.